The maximum absolute atomic E-state index is 12.5. The third-order valence-electron chi connectivity index (χ3n) is 4.84. The van der Waals surface area contributed by atoms with Crippen LogP contribution < -0.4 is 0 Å². The number of ketones is 1. The highest BCUT2D eigenvalue weighted by atomic mass is 19.1. The molecule has 5 heteroatoms. The maximum atomic E-state index is 12.5. The van der Waals surface area contributed by atoms with Crippen molar-refractivity contribution in [3.8, 4) is 0 Å². The van der Waals surface area contributed by atoms with Gasteiger partial charge in [-0.05, 0) is 65.7 Å². The zero-order chi connectivity index (χ0) is 17.0. The van der Waals surface area contributed by atoms with E-state index in [1.807, 2.05) is 25.7 Å². The number of ether oxygens (including phenoxy) is 1. The average Bonchev–Trinajstić information content (AvgIpc) is 2.44. The van der Waals surface area contributed by atoms with E-state index >= 15 is 0 Å². The van der Waals surface area contributed by atoms with E-state index in [0.29, 0.717) is 19.3 Å². The van der Waals surface area contributed by atoms with E-state index in [1.54, 1.807) is 0 Å². The van der Waals surface area contributed by atoms with Gasteiger partial charge in [0.15, 0.2) is 0 Å². The number of fused-ring (bicyclic) bond motifs is 2. The van der Waals surface area contributed by atoms with Crippen molar-refractivity contribution in [1.82, 2.24) is 4.90 Å². The monoisotopic (exact) mass is 327 g/mol. The Bertz CT molecular complexity index is 418. The zero-order valence-corrected chi connectivity index (χ0v) is 14.6. The highest BCUT2D eigenvalue weighted by Gasteiger charge is 2.43. The van der Waals surface area contributed by atoms with Crippen molar-refractivity contribution in [3.05, 3.63) is 0 Å². The average molecular weight is 327 g/mol. The van der Waals surface area contributed by atoms with Crippen molar-refractivity contribution >= 4 is 11.9 Å². The minimum atomic E-state index is -0.496. The lowest BCUT2D eigenvalue weighted by Crippen LogP contribution is -2.56. The van der Waals surface area contributed by atoms with Gasteiger partial charge in [-0.3, -0.25) is 9.18 Å². The van der Waals surface area contributed by atoms with Crippen LogP contribution in [0.2, 0.25) is 0 Å². The summed E-state index contributed by atoms with van der Waals surface area (Å²) in [6.07, 6.45) is 5.82. The molecule has 132 valence electrons. The summed E-state index contributed by atoms with van der Waals surface area (Å²) in [7, 11) is 0. The number of carbonyl (C=O) groups excluding carboxylic acids is 2. The molecule has 0 spiro atoms. The van der Waals surface area contributed by atoms with Gasteiger partial charge in [-0.15, -0.1) is 0 Å². The molecule has 2 unspecified atom stereocenters. The third kappa shape index (κ3) is 4.92. The Balaban J connectivity index is 1.97. The lowest BCUT2D eigenvalue weighted by atomic mass is 9.76. The smallest absolute Gasteiger partial charge is 0.410 e. The molecule has 2 heterocycles. The molecule has 0 N–H and O–H groups in total. The summed E-state index contributed by atoms with van der Waals surface area (Å²) in [6, 6.07) is 0.236. The maximum Gasteiger partial charge on any atom is 0.410 e. The molecule has 0 aliphatic carbocycles. The van der Waals surface area contributed by atoms with E-state index in [9.17, 15) is 14.0 Å². The number of piperidine rings is 2. The Hall–Kier alpha value is -1.13. The molecular formula is C18H30FNO3. The highest BCUT2D eigenvalue weighted by molar-refractivity contribution is 5.81. The van der Waals surface area contributed by atoms with Gasteiger partial charge in [0.05, 0.1) is 6.67 Å². The van der Waals surface area contributed by atoms with Crippen LogP contribution in [-0.2, 0) is 9.53 Å². The molecule has 0 aromatic carbocycles. The van der Waals surface area contributed by atoms with Crippen LogP contribution in [0.25, 0.3) is 0 Å². The first-order valence-electron chi connectivity index (χ1n) is 8.92. The minimum absolute atomic E-state index is 0.0311. The number of Topliss-reactive ketones (excluding diaryl/α,β-unsaturated/α-hetero) is 1. The third-order valence-corrected chi connectivity index (χ3v) is 4.84. The van der Waals surface area contributed by atoms with E-state index in [0.717, 1.165) is 32.1 Å². The molecule has 23 heavy (non-hydrogen) atoms. The molecule has 2 bridgehead atoms. The summed E-state index contributed by atoms with van der Waals surface area (Å²) >= 11 is 0. The standard InChI is InChI=1S/C18H30FNO3/c1-18(2,3)23-17(22)20-14-7-6-8-15(20)12-13(11-14)16(21)9-4-5-10-19/h13-15H,4-12H2,1-3H3. The number of unbranched alkanes of at least 4 members (excludes halogenated alkanes) is 1. The van der Waals surface area contributed by atoms with Crippen LogP contribution in [0.4, 0.5) is 9.18 Å². The van der Waals surface area contributed by atoms with Crippen LogP contribution in [0.15, 0.2) is 0 Å². The lowest BCUT2D eigenvalue weighted by Gasteiger charge is -2.48. The summed E-state index contributed by atoms with van der Waals surface area (Å²) in [4.78, 5) is 26.7. The minimum Gasteiger partial charge on any atom is -0.444 e. The number of alkyl halides is 1. The second kappa shape index (κ2) is 7.63. The Morgan fingerprint density at radius 3 is 2.26 bits per heavy atom. The van der Waals surface area contributed by atoms with Gasteiger partial charge in [0.25, 0.3) is 0 Å². The molecule has 4 nitrogen and oxygen atoms in total. The molecule has 0 aromatic heterocycles. The van der Waals surface area contributed by atoms with Gasteiger partial charge in [-0.2, -0.15) is 0 Å². The summed E-state index contributed by atoms with van der Waals surface area (Å²) in [5.74, 6) is 0.280. The van der Waals surface area contributed by atoms with Crippen molar-refractivity contribution in [3.63, 3.8) is 0 Å². The van der Waals surface area contributed by atoms with E-state index in [2.05, 4.69) is 0 Å². The van der Waals surface area contributed by atoms with Crippen molar-refractivity contribution < 1.29 is 18.7 Å². The Morgan fingerprint density at radius 2 is 1.74 bits per heavy atom. The number of nitrogens with zero attached hydrogens (tertiary/aromatic N) is 1. The van der Waals surface area contributed by atoms with Gasteiger partial charge in [0.2, 0.25) is 0 Å². The molecule has 2 aliphatic rings. The van der Waals surface area contributed by atoms with Gasteiger partial charge in [0, 0.05) is 24.4 Å². The van der Waals surface area contributed by atoms with Gasteiger partial charge in [-0.1, -0.05) is 0 Å². The lowest BCUT2D eigenvalue weighted by molar-refractivity contribution is -0.127. The van der Waals surface area contributed by atoms with Crippen molar-refractivity contribution in [2.45, 2.75) is 89.8 Å². The van der Waals surface area contributed by atoms with E-state index < -0.39 is 5.60 Å². The van der Waals surface area contributed by atoms with Crippen LogP contribution >= 0.6 is 0 Å². The molecule has 1 amide bonds. The fourth-order valence-electron chi connectivity index (χ4n) is 3.85. The predicted octanol–water partition coefficient (Wildman–Crippen LogP) is 4.26. The molecule has 2 rings (SSSR count). The van der Waals surface area contributed by atoms with Crippen molar-refractivity contribution in [2.24, 2.45) is 5.92 Å². The highest BCUT2D eigenvalue weighted by Crippen LogP contribution is 2.38. The van der Waals surface area contributed by atoms with Crippen LogP contribution in [0.3, 0.4) is 0 Å². The SMILES string of the molecule is CC(C)(C)OC(=O)N1C2CCCC1CC(C(=O)CCCCF)C2. The summed E-state index contributed by atoms with van der Waals surface area (Å²) < 4.78 is 17.7. The number of hydrogen-bond donors (Lipinski definition) is 0. The number of amides is 1. The van der Waals surface area contributed by atoms with Crippen LogP contribution in [-0.4, -0.2) is 41.1 Å². The molecule has 2 atom stereocenters. The second-order valence-electron chi connectivity index (χ2n) is 7.91. The number of carbonyl (C=O) groups is 2. The van der Waals surface area contributed by atoms with Crippen LogP contribution in [0.5, 0.6) is 0 Å². The molecule has 2 fully saturated rings. The Morgan fingerprint density at radius 1 is 1.13 bits per heavy atom. The Labute approximate surface area is 138 Å². The molecule has 0 saturated carbocycles. The first-order valence-corrected chi connectivity index (χ1v) is 8.92. The number of hydrogen-bond acceptors (Lipinski definition) is 3. The predicted molar refractivity (Wildman–Crippen MR) is 87.1 cm³/mol. The van der Waals surface area contributed by atoms with Gasteiger partial charge < -0.3 is 9.64 Å². The van der Waals surface area contributed by atoms with Crippen molar-refractivity contribution in [2.75, 3.05) is 6.67 Å². The summed E-state index contributed by atoms with van der Waals surface area (Å²) in [5.41, 5.74) is -0.496. The van der Waals surface area contributed by atoms with Gasteiger partial charge in [-0.25, -0.2) is 4.79 Å². The summed E-state index contributed by atoms with van der Waals surface area (Å²) in [5, 5.41) is 0. The molecule has 2 saturated heterocycles. The number of halogens is 1. The Kier molecular flexibility index (Phi) is 6.04. The van der Waals surface area contributed by atoms with Crippen molar-refractivity contribution in [1.29, 1.82) is 0 Å². The largest absolute Gasteiger partial charge is 0.444 e. The van der Waals surface area contributed by atoms with Gasteiger partial charge in [0.1, 0.15) is 11.4 Å². The topological polar surface area (TPSA) is 46.6 Å². The normalized spacial score (nSPS) is 27.7. The molecule has 0 aromatic rings. The fourth-order valence-corrected chi connectivity index (χ4v) is 3.85. The second-order valence-corrected chi connectivity index (χ2v) is 7.91. The first-order chi connectivity index (χ1) is 10.8. The molecule has 0 radical (unpaired) electrons. The number of rotatable bonds is 5. The summed E-state index contributed by atoms with van der Waals surface area (Å²) in [6.45, 7) is 5.28. The van der Waals surface area contributed by atoms with Gasteiger partial charge >= 0.3 is 6.09 Å². The van der Waals surface area contributed by atoms with E-state index in [1.165, 1.54) is 0 Å². The van der Waals surface area contributed by atoms with E-state index in [4.69, 9.17) is 4.74 Å². The van der Waals surface area contributed by atoms with Crippen LogP contribution in [0.1, 0.15) is 72.1 Å². The fraction of sp³-hybridized carbons (Fsp3) is 0.889. The quantitative estimate of drug-likeness (QED) is 0.709. The molecular weight excluding hydrogens is 297 g/mol. The van der Waals surface area contributed by atoms with E-state index in [-0.39, 0.29) is 36.6 Å². The van der Waals surface area contributed by atoms with Crippen LogP contribution in [0, 0.1) is 5.92 Å². The zero-order valence-electron chi connectivity index (χ0n) is 14.6. The first kappa shape index (κ1) is 18.2. The molecule has 2 aliphatic heterocycles.